The Morgan fingerprint density at radius 1 is 0.400 bits per heavy atom. The van der Waals surface area contributed by atoms with E-state index in [1.807, 2.05) is 60.7 Å². The van der Waals surface area contributed by atoms with Gasteiger partial charge in [0.05, 0.1) is 16.6 Å². The Bertz CT molecular complexity index is 4240. The lowest BCUT2D eigenvalue weighted by molar-refractivity contribution is 0.274. The molecule has 0 saturated heterocycles. The van der Waals surface area contributed by atoms with Gasteiger partial charge < -0.3 is 18.3 Å². The van der Waals surface area contributed by atoms with Crippen LogP contribution in [0.3, 0.4) is 0 Å². The Morgan fingerprint density at radius 3 is 1.83 bits per heavy atom. The summed E-state index contributed by atoms with van der Waals surface area (Å²) in [5, 5.41) is 5.78. The van der Waals surface area contributed by atoms with E-state index in [0.717, 1.165) is 77.9 Å². The maximum atomic E-state index is 6.67. The van der Waals surface area contributed by atoms with Gasteiger partial charge in [0.1, 0.15) is 23.0 Å². The molecular weight excluding hydrogens is 859 g/mol. The van der Waals surface area contributed by atoms with Crippen LogP contribution in [-0.4, -0.2) is 30.2 Å². The second kappa shape index (κ2) is 15.1. The van der Waals surface area contributed by atoms with Crippen molar-refractivity contribution in [1.82, 2.24) is 24.1 Å². The average molecular weight is 898 g/mol. The number of hydrogen-bond acceptors (Lipinski definition) is 5. The Labute approximate surface area is 401 Å². The molecule has 15 rings (SSSR count). The molecule has 0 amide bonds. The van der Waals surface area contributed by atoms with Gasteiger partial charge in [-0.2, -0.15) is 0 Å². The van der Waals surface area contributed by atoms with Gasteiger partial charge in [0.2, 0.25) is 0 Å². The fraction of sp³-hybridized carbons (Fsp3) is 0.0317. The van der Waals surface area contributed by atoms with Crippen LogP contribution < -0.4 is 4.74 Å². The molecule has 0 bridgehead atoms. The van der Waals surface area contributed by atoms with Gasteiger partial charge in [-0.1, -0.05) is 146 Å². The summed E-state index contributed by atoms with van der Waals surface area (Å²) < 4.78 is 18.1. The zero-order valence-electron chi connectivity index (χ0n) is 37.6. The van der Waals surface area contributed by atoms with E-state index in [-0.39, 0.29) is 6.10 Å². The number of furan rings is 1. The summed E-state index contributed by atoms with van der Waals surface area (Å²) >= 11 is 0. The largest absolute Gasteiger partial charge is 0.485 e. The highest BCUT2D eigenvalue weighted by atomic mass is 16.5. The van der Waals surface area contributed by atoms with E-state index in [0.29, 0.717) is 23.9 Å². The zero-order valence-corrected chi connectivity index (χ0v) is 37.6. The first-order valence-corrected chi connectivity index (χ1v) is 23.7. The van der Waals surface area contributed by atoms with Crippen molar-refractivity contribution in [2.75, 3.05) is 0 Å². The second-order valence-electron chi connectivity index (χ2n) is 18.3. The quantitative estimate of drug-likeness (QED) is 0.166. The van der Waals surface area contributed by atoms with Crippen molar-refractivity contribution >= 4 is 66.3 Å². The Kier molecular flexibility index (Phi) is 8.35. The summed E-state index contributed by atoms with van der Waals surface area (Å²) in [5.41, 5.74) is 17.1. The van der Waals surface area contributed by atoms with E-state index in [1.165, 1.54) is 44.1 Å². The standard InChI is InChI=1S/C63H39N5O2/c1-4-15-38(16-5-1)61-64-62(39-17-6-2-7-18-39)66-63(65-61)42-19-14-22-44(31-42)68-54-33-41(27-29-46(54)49-34-51-47-24-11-13-26-57(47)69-59(51)37-56(49)68)40-28-30-58-50(32-40)52-35-48-45-23-10-12-25-53(45)67(43-20-8-3-9-21-43)55(48)36-60(52)70-58/h1-36,59H,37H2. The molecule has 70 heavy (non-hydrogen) atoms. The van der Waals surface area contributed by atoms with Crippen LogP contribution in [0.2, 0.25) is 0 Å². The van der Waals surface area contributed by atoms with Crippen molar-refractivity contribution in [1.29, 1.82) is 0 Å². The highest BCUT2D eigenvalue weighted by Gasteiger charge is 2.35. The number of rotatable bonds is 6. The van der Waals surface area contributed by atoms with Crippen LogP contribution in [-0.2, 0) is 6.42 Å². The molecule has 0 fully saturated rings. The van der Waals surface area contributed by atoms with Gasteiger partial charge >= 0.3 is 0 Å². The van der Waals surface area contributed by atoms with Gasteiger partial charge in [-0.25, -0.2) is 15.0 Å². The highest BCUT2D eigenvalue weighted by molar-refractivity contribution is 6.18. The fourth-order valence-electron chi connectivity index (χ4n) is 11.0. The molecule has 7 nitrogen and oxygen atoms in total. The summed E-state index contributed by atoms with van der Waals surface area (Å²) in [6.07, 6.45) is 2.99. The summed E-state index contributed by atoms with van der Waals surface area (Å²) in [6, 6.07) is 74.6. The molecule has 13 aromatic rings. The fourth-order valence-corrected chi connectivity index (χ4v) is 11.0. The van der Waals surface area contributed by atoms with E-state index >= 15 is 0 Å². The lowest BCUT2D eigenvalue weighted by Gasteiger charge is -2.21. The highest BCUT2D eigenvalue weighted by Crippen LogP contribution is 2.47. The van der Waals surface area contributed by atoms with Gasteiger partial charge in [0, 0.05) is 89.9 Å². The van der Waals surface area contributed by atoms with Crippen LogP contribution in [0, 0.1) is 0 Å². The Morgan fingerprint density at radius 2 is 1.03 bits per heavy atom. The van der Waals surface area contributed by atoms with Crippen molar-refractivity contribution in [2.24, 2.45) is 0 Å². The van der Waals surface area contributed by atoms with Crippen molar-refractivity contribution in [2.45, 2.75) is 12.5 Å². The normalized spacial score (nSPS) is 14.0. The van der Waals surface area contributed by atoms with Gasteiger partial charge in [-0.05, 0) is 77.9 Å². The van der Waals surface area contributed by atoms with Crippen LogP contribution in [0.25, 0.3) is 123 Å². The van der Waals surface area contributed by atoms with E-state index in [9.17, 15) is 0 Å². The summed E-state index contributed by atoms with van der Waals surface area (Å²) in [4.78, 5) is 15.2. The second-order valence-corrected chi connectivity index (χ2v) is 18.3. The number of fused-ring (bicyclic) bond motifs is 12. The summed E-state index contributed by atoms with van der Waals surface area (Å²) in [5.74, 6) is 2.81. The average Bonchev–Trinajstić information content (AvgIpc) is 4.17. The lowest BCUT2D eigenvalue weighted by atomic mass is 9.90. The first-order valence-electron chi connectivity index (χ1n) is 23.7. The van der Waals surface area contributed by atoms with E-state index in [1.54, 1.807) is 0 Å². The van der Waals surface area contributed by atoms with Crippen molar-refractivity contribution in [3.63, 3.8) is 0 Å². The molecule has 0 spiro atoms. The predicted molar refractivity (Wildman–Crippen MR) is 282 cm³/mol. The van der Waals surface area contributed by atoms with Crippen LogP contribution in [0.5, 0.6) is 5.75 Å². The molecule has 1 aliphatic carbocycles. The van der Waals surface area contributed by atoms with Gasteiger partial charge in [-0.3, -0.25) is 0 Å². The molecule has 0 N–H and O–H groups in total. The minimum atomic E-state index is -0.0917. The third kappa shape index (κ3) is 5.98. The number of hydrogen-bond donors (Lipinski definition) is 0. The number of para-hydroxylation sites is 3. The van der Waals surface area contributed by atoms with E-state index in [4.69, 9.17) is 24.1 Å². The molecule has 5 heterocycles. The van der Waals surface area contributed by atoms with E-state index < -0.39 is 0 Å². The molecule has 2 aliphatic rings. The minimum absolute atomic E-state index is 0.0917. The van der Waals surface area contributed by atoms with Gasteiger partial charge in [0.15, 0.2) is 17.5 Å². The van der Waals surface area contributed by atoms with Crippen molar-refractivity contribution in [3.8, 4) is 62.4 Å². The molecule has 4 aromatic heterocycles. The maximum absolute atomic E-state index is 6.67. The molecule has 0 radical (unpaired) electrons. The van der Waals surface area contributed by atoms with Crippen molar-refractivity contribution < 1.29 is 9.15 Å². The molecule has 9 aromatic carbocycles. The first kappa shape index (κ1) is 38.7. The summed E-state index contributed by atoms with van der Waals surface area (Å²) in [6.45, 7) is 0. The predicted octanol–water partition coefficient (Wildman–Crippen LogP) is 15.3. The lowest BCUT2D eigenvalue weighted by Crippen LogP contribution is -2.21. The summed E-state index contributed by atoms with van der Waals surface area (Å²) in [7, 11) is 0. The molecule has 1 aliphatic heterocycles. The number of benzene rings is 9. The number of nitrogens with zero attached hydrogens (tertiary/aromatic N) is 5. The number of ether oxygens (including phenoxy) is 1. The molecule has 1 atom stereocenters. The van der Waals surface area contributed by atoms with Crippen LogP contribution in [0.1, 0.15) is 16.8 Å². The minimum Gasteiger partial charge on any atom is -0.485 e. The monoisotopic (exact) mass is 897 g/mol. The molecular formula is C63H39N5O2. The smallest absolute Gasteiger partial charge is 0.164 e. The van der Waals surface area contributed by atoms with E-state index in [2.05, 4.69) is 167 Å². The Balaban J connectivity index is 0.906. The zero-order chi connectivity index (χ0) is 45.9. The molecule has 1 unspecified atom stereocenters. The first-order chi connectivity index (χ1) is 34.7. The van der Waals surface area contributed by atoms with Gasteiger partial charge in [-0.15, -0.1) is 0 Å². The molecule has 7 heteroatoms. The SMILES string of the molecule is C1=C2c3ccccc3OC2Cc2c1c1ccc(-c3ccc4oc5cc6c(cc5c4c3)c3ccccc3n6-c3ccccc3)cc1n2-c1cccc(-c2nc(-c3ccccc3)nc(-c3ccccc3)n2)c1. The third-order valence-corrected chi connectivity index (χ3v) is 14.3. The Hall–Kier alpha value is -9.33. The third-order valence-electron chi connectivity index (χ3n) is 14.3. The van der Waals surface area contributed by atoms with Gasteiger partial charge in [0.25, 0.3) is 0 Å². The topological polar surface area (TPSA) is 70.9 Å². The van der Waals surface area contributed by atoms with Crippen LogP contribution in [0.4, 0.5) is 0 Å². The molecule has 0 saturated carbocycles. The number of aromatic nitrogens is 5. The maximum Gasteiger partial charge on any atom is 0.164 e. The van der Waals surface area contributed by atoms with Crippen LogP contribution in [0.15, 0.2) is 217 Å². The van der Waals surface area contributed by atoms with Crippen LogP contribution >= 0.6 is 0 Å². The molecule has 328 valence electrons. The van der Waals surface area contributed by atoms with Crippen molar-refractivity contribution in [3.05, 3.63) is 229 Å².